The lowest BCUT2D eigenvalue weighted by molar-refractivity contribution is -0.123. The molecule has 1 aliphatic rings. The van der Waals surface area contributed by atoms with Crippen molar-refractivity contribution in [3.05, 3.63) is 59.7 Å². The van der Waals surface area contributed by atoms with Crippen molar-refractivity contribution in [2.45, 2.75) is 50.9 Å². The molecule has 0 aromatic heterocycles. The van der Waals surface area contributed by atoms with Crippen LogP contribution < -0.4 is 14.8 Å². The molecule has 8 nitrogen and oxygen atoms in total. The number of nitrogens with one attached hydrogen (secondary N) is 2. The number of benzene rings is 2. The maximum Gasteiger partial charge on any atom is 0.241 e. The molecule has 1 unspecified atom stereocenters. The Hall–Kier alpha value is -2.46. The predicted octanol–water partition coefficient (Wildman–Crippen LogP) is 2.54. The number of carbonyl (C=O) groups excluding carboxylic acids is 1. The highest BCUT2D eigenvalue weighted by Gasteiger charge is 2.28. The first kappa shape index (κ1) is 26.2. The van der Waals surface area contributed by atoms with Crippen LogP contribution in [0, 0.1) is 5.92 Å². The minimum atomic E-state index is -3.87. The fourth-order valence-electron chi connectivity index (χ4n) is 3.91. The molecule has 0 aliphatic carbocycles. The van der Waals surface area contributed by atoms with Crippen LogP contribution in [0.5, 0.6) is 5.75 Å². The molecule has 186 valence electrons. The van der Waals surface area contributed by atoms with Gasteiger partial charge in [-0.1, -0.05) is 38.1 Å². The number of amides is 1. The summed E-state index contributed by atoms with van der Waals surface area (Å²) in [5, 5.41) is 2.89. The van der Waals surface area contributed by atoms with Crippen LogP contribution in [0.4, 0.5) is 0 Å². The summed E-state index contributed by atoms with van der Waals surface area (Å²) in [5.74, 6) is -0.0374. The monoisotopic (exact) mass is 489 g/mol. The molecule has 0 spiro atoms. The summed E-state index contributed by atoms with van der Waals surface area (Å²) in [5.41, 5.74) is 2.13. The highest BCUT2D eigenvalue weighted by molar-refractivity contribution is 7.89. The second-order valence-electron chi connectivity index (χ2n) is 8.97. The third kappa shape index (κ3) is 7.27. The van der Waals surface area contributed by atoms with Crippen molar-refractivity contribution in [3.8, 4) is 5.75 Å². The second-order valence-corrected chi connectivity index (χ2v) is 10.7. The summed E-state index contributed by atoms with van der Waals surface area (Å²) < 4.78 is 38.9. The third-order valence-corrected chi connectivity index (χ3v) is 7.25. The topological polar surface area (TPSA) is 97.0 Å². The lowest BCUT2D eigenvalue weighted by atomic mass is 10.0. The molecule has 1 aliphatic heterocycles. The molecule has 1 fully saturated rings. The van der Waals surface area contributed by atoms with Crippen molar-refractivity contribution < 1.29 is 22.7 Å². The SMILES string of the molecule is COc1ccc(S(=O)(=O)N[C@H](C(=O)NCc2cccc(CN3CCOC(C)C3)c2)C(C)C)cc1. The number of hydrogen-bond acceptors (Lipinski definition) is 6. The molecule has 1 heterocycles. The first-order valence-electron chi connectivity index (χ1n) is 11.5. The molecule has 0 bridgehead atoms. The van der Waals surface area contributed by atoms with Crippen molar-refractivity contribution in [3.63, 3.8) is 0 Å². The molecule has 0 radical (unpaired) electrons. The van der Waals surface area contributed by atoms with Crippen molar-refractivity contribution in [2.75, 3.05) is 26.8 Å². The normalized spacial score (nSPS) is 18.0. The van der Waals surface area contributed by atoms with E-state index < -0.39 is 16.1 Å². The number of nitrogens with zero attached hydrogens (tertiary/aromatic N) is 1. The summed E-state index contributed by atoms with van der Waals surface area (Å²) in [7, 11) is -2.35. The van der Waals surface area contributed by atoms with Crippen LogP contribution in [0.3, 0.4) is 0 Å². The average molecular weight is 490 g/mol. The summed E-state index contributed by atoms with van der Waals surface area (Å²) in [6.07, 6.45) is 0.228. The number of carbonyl (C=O) groups is 1. The Morgan fingerprint density at radius 1 is 1.18 bits per heavy atom. The van der Waals surface area contributed by atoms with Crippen LogP contribution in [-0.2, 0) is 32.6 Å². The van der Waals surface area contributed by atoms with E-state index in [1.165, 1.54) is 24.8 Å². The van der Waals surface area contributed by atoms with Crippen LogP contribution in [0.1, 0.15) is 31.9 Å². The van der Waals surface area contributed by atoms with Crippen LogP contribution >= 0.6 is 0 Å². The van der Waals surface area contributed by atoms with Gasteiger partial charge in [0.1, 0.15) is 11.8 Å². The quantitative estimate of drug-likeness (QED) is 0.532. The van der Waals surface area contributed by atoms with Crippen molar-refractivity contribution in [2.24, 2.45) is 5.92 Å². The van der Waals surface area contributed by atoms with Crippen molar-refractivity contribution >= 4 is 15.9 Å². The van der Waals surface area contributed by atoms with E-state index >= 15 is 0 Å². The second kappa shape index (κ2) is 11.8. The third-order valence-electron chi connectivity index (χ3n) is 5.79. The van der Waals surface area contributed by atoms with Gasteiger partial charge in [-0.15, -0.1) is 0 Å². The van der Waals surface area contributed by atoms with Gasteiger partial charge in [-0.25, -0.2) is 8.42 Å². The molecule has 0 saturated carbocycles. The molecule has 2 aromatic carbocycles. The van der Waals surface area contributed by atoms with E-state index in [4.69, 9.17) is 9.47 Å². The van der Waals surface area contributed by atoms with Gasteiger partial charge in [0.05, 0.1) is 24.7 Å². The molecular formula is C25H35N3O5S. The van der Waals surface area contributed by atoms with Crippen LogP contribution in [0.2, 0.25) is 0 Å². The van der Waals surface area contributed by atoms with Crippen molar-refractivity contribution in [1.82, 2.24) is 14.9 Å². The molecule has 9 heteroatoms. The highest BCUT2D eigenvalue weighted by Crippen LogP contribution is 2.17. The van der Waals surface area contributed by atoms with E-state index in [0.29, 0.717) is 12.3 Å². The van der Waals surface area contributed by atoms with Gasteiger partial charge in [-0.2, -0.15) is 4.72 Å². The Morgan fingerprint density at radius 2 is 1.88 bits per heavy atom. The summed E-state index contributed by atoms with van der Waals surface area (Å²) in [6, 6.07) is 13.2. The number of ether oxygens (including phenoxy) is 2. The highest BCUT2D eigenvalue weighted by atomic mass is 32.2. The molecule has 1 amide bonds. The largest absolute Gasteiger partial charge is 0.497 e. The van der Waals surface area contributed by atoms with Crippen molar-refractivity contribution in [1.29, 1.82) is 0 Å². The molecule has 2 aromatic rings. The number of sulfonamides is 1. The predicted molar refractivity (Wildman–Crippen MR) is 131 cm³/mol. The van der Waals surface area contributed by atoms with Gasteiger partial charge in [-0.05, 0) is 48.2 Å². The lowest BCUT2D eigenvalue weighted by Crippen LogP contribution is -2.49. The zero-order valence-electron chi connectivity index (χ0n) is 20.3. The number of morpholine rings is 1. The van der Waals surface area contributed by atoms with Crippen LogP contribution in [-0.4, -0.2) is 58.2 Å². The van der Waals surface area contributed by atoms with E-state index in [1.807, 2.05) is 26.0 Å². The van der Waals surface area contributed by atoms with E-state index in [2.05, 4.69) is 34.0 Å². The molecule has 1 saturated heterocycles. The minimum Gasteiger partial charge on any atom is -0.497 e. The number of rotatable bonds is 10. The Balaban J connectivity index is 1.61. The fraction of sp³-hybridized carbons (Fsp3) is 0.480. The first-order chi connectivity index (χ1) is 16.2. The van der Waals surface area contributed by atoms with Gasteiger partial charge >= 0.3 is 0 Å². The van der Waals surface area contributed by atoms with Crippen LogP contribution in [0.25, 0.3) is 0 Å². The number of methoxy groups -OCH3 is 1. The Bertz CT molecular complexity index is 1060. The maximum atomic E-state index is 12.9. The Kier molecular flexibility index (Phi) is 9.07. The average Bonchev–Trinajstić information content (AvgIpc) is 2.81. The van der Waals surface area contributed by atoms with E-state index in [1.54, 1.807) is 12.1 Å². The Labute approximate surface area is 202 Å². The van der Waals surface area contributed by atoms with Crippen LogP contribution in [0.15, 0.2) is 53.4 Å². The Morgan fingerprint density at radius 3 is 2.53 bits per heavy atom. The fourth-order valence-corrected chi connectivity index (χ4v) is 5.26. The van der Waals surface area contributed by atoms with Gasteiger partial charge in [0.15, 0.2) is 0 Å². The van der Waals surface area contributed by atoms with Gasteiger partial charge in [0.2, 0.25) is 15.9 Å². The van der Waals surface area contributed by atoms with Gasteiger partial charge in [0.25, 0.3) is 0 Å². The zero-order valence-corrected chi connectivity index (χ0v) is 21.1. The molecular weight excluding hydrogens is 454 g/mol. The lowest BCUT2D eigenvalue weighted by Gasteiger charge is -2.31. The maximum absolute atomic E-state index is 12.9. The minimum absolute atomic E-state index is 0.0804. The van der Waals surface area contributed by atoms with E-state index in [-0.39, 0.29) is 22.8 Å². The summed E-state index contributed by atoms with van der Waals surface area (Å²) in [6.45, 7) is 9.37. The molecule has 3 rings (SSSR count). The van der Waals surface area contributed by atoms with Gasteiger partial charge < -0.3 is 14.8 Å². The van der Waals surface area contributed by atoms with E-state index in [9.17, 15) is 13.2 Å². The first-order valence-corrected chi connectivity index (χ1v) is 13.0. The zero-order chi connectivity index (χ0) is 24.7. The molecule has 2 atom stereocenters. The van der Waals surface area contributed by atoms with E-state index in [0.717, 1.165) is 31.8 Å². The summed E-state index contributed by atoms with van der Waals surface area (Å²) >= 11 is 0. The van der Waals surface area contributed by atoms with Gasteiger partial charge in [-0.3, -0.25) is 9.69 Å². The molecule has 34 heavy (non-hydrogen) atoms. The van der Waals surface area contributed by atoms with Gasteiger partial charge in [0, 0.05) is 26.2 Å². The molecule has 2 N–H and O–H groups in total. The summed E-state index contributed by atoms with van der Waals surface area (Å²) in [4.78, 5) is 15.4. The number of hydrogen-bond donors (Lipinski definition) is 2. The smallest absolute Gasteiger partial charge is 0.241 e. The standard InChI is InChI=1S/C25H35N3O5S/c1-18(2)24(27-34(30,31)23-10-8-22(32-4)9-11-23)25(29)26-15-20-6-5-7-21(14-20)17-28-12-13-33-19(3)16-28/h5-11,14,18-19,24,27H,12-13,15-17H2,1-4H3,(H,26,29)/t19?,24-/m0/s1.